The molecule has 0 spiro atoms. The van der Waals surface area contributed by atoms with Crippen molar-refractivity contribution in [1.82, 2.24) is 0 Å². The van der Waals surface area contributed by atoms with E-state index in [2.05, 4.69) is 26.0 Å². The molecule has 0 bridgehead atoms. The van der Waals surface area contributed by atoms with Crippen molar-refractivity contribution >= 4 is 5.97 Å². The molecule has 0 radical (unpaired) electrons. The van der Waals surface area contributed by atoms with Crippen LogP contribution in [0.5, 0.6) is 0 Å². The van der Waals surface area contributed by atoms with Crippen LogP contribution in [0.3, 0.4) is 0 Å². The van der Waals surface area contributed by atoms with E-state index in [1.165, 1.54) is 283 Å². The van der Waals surface area contributed by atoms with Gasteiger partial charge in [0.2, 0.25) is 0 Å². The maximum Gasteiger partial charge on any atom is 0.305 e. The van der Waals surface area contributed by atoms with Crippen LogP contribution in [-0.2, 0) is 9.53 Å². The second kappa shape index (κ2) is 51.2. The molecule has 0 saturated carbocycles. The maximum atomic E-state index is 12.1. The number of ether oxygens (including phenoxy) is 1. The number of esters is 1. The number of unbranched alkanes of at least 4 members (excludes halogenated alkanes) is 43. The van der Waals surface area contributed by atoms with Gasteiger partial charge in [-0.1, -0.05) is 283 Å². The summed E-state index contributed by atoms with van der Waals surface area (Å²) in [6, 6.07) is 0. The van der Waals surface area contributed by atoms with Crippen molar-refractivity contribution in [2.45, 2.75) is 316 Å². The summed E-state index contributed by atoms with van der Waals surface area (Å²) in [4.78, 5) is 12.1. The minimum Gasteiger partial charge on any atom is -0.466 e. The van der Waals surface area contributed by atoms with Crippen LogP contribution in [0.2, 0.25) is 0 Å². The summed E-state index contributed by atoms with van der Waals surface area (Å²) in [6.07, 6.45) is 69.3. The number of rotatable bonds is 49. The Labute approximate surface area is 348 Å². The summed E-state index contributed by atoms with van der Waals surface area (Å²) >= 11 is 0. The lowest BCUT2D eigenvalue weighted by atomic mass is 10.0. The van der Waals surface area contributed by atoms with Crippen molar-refractivity contribution in [3.05, 3.63) is 12.2 Å². The normalized spacial score (nSPS) is 11.7. The van der Waals surface area contributed by atoms with Crippen LogP contribution in [0.25, 0.3) is 0 Å². The van der Waals surface area contributed by atoms with Crippen molar-refractivity contribution in [3.8, 4) is 0 Å². The van der Waals surface area contributed by atoms with E-state index in [4.69, 9.17) is 4.74 Å². The number of hydrogen-bond donors (Lipinski definition) is 0. The molecule has 0 unspecified atom stereocenters. The third kappa shape index (κ3) is 51.2. The van der Waals surface area contributed by atoms with Crippen LogP contribution in [0.15, 0.2) is 12.2 Å². The Hall–Kier alpha value is -0.790. The standard InChI is InChI=1S/C53H104O2/c1-3-5-7-9-11-13-15-17-19-21-23-25-26-27-28-29-30-32-34-36-38-40-42-44-46-48-50-52-55-53(54)51-49-47-45-43-41-39-37-35-33-31-24-22-20-18-16-14-12-10-8-6-4-2/h18,20H,3-17,19,21-52H2,1-2H3/b20-18-. The van der Waals surface area contributed by atoms with E-state index >= 15 is 0 Å². The first-order valence-electron chi connectivity index (χ1n) is 26.1. The fourth-order valence-electron chi connectivity index (χ4n) is 8.25. The molecular formula is C53H104O2. The van der Waals surface area contributed by atoms with Gasteiger partial charge in [-0.25, -0.2) is 0 Å². The van der Waals surface area contributed by atoms with Crippen molar-refractivity contribution in [2.75, 3.05) is 6.61 Å². The average Bonchev–Trinajstić information content (AvgIpc) is 3.19. The Morgan fingerprint density at radius 3 is 0.782 bits per heavy atom. The molecule has 328 valence electrons. The topological polar surface area (TPSA) is 26.3 Å². The number of allylic oxidation sites excluding steroid dienone is 2. The molecule has 0 atom stereocenters. The van der Waals surface area contributed by atoms with Crippen molar-refractivity contribution < 1.29 is 9.53 Å². The molecule has 0 heterocycles. The highest BCUT2D eigenvalue weighted by atomic mass is 16.5. The Morgan fingerprint density at radius 1 is 0.291 bits per heavy atom. The predicted octanol–water partition coefficient (Wildman–Crippen LogP) is 19.5. The van der Waals surface area contributed by atoms with E-state index in [0.717, 1.165) is 12.8 Å². The zero-order valence-electron chi connectivity index (χ0n) is 38.4. The zero-order valence-corrected chi connectivity index (χ0v) is 38.4. The lowest BCUT2D eigenvalue weighted by molar-refractivity contribution is -0.143. The van der Waals surface area contributed by atoms with Crippen molar-refractivity contribution in [2.24, 2.45) is 0 Å². The van der Waals surface area contributed by atoms with Gasteiger partial charge in [-0.2, -0.15) is 0 Å². The number of carbonyl (C=O) groups is 1. The van der Waals surface area contributed by atoms with Crippen LogP contribution < -0.4 is 0 Å². The summed E-state index contributed by atoms with van der Waals surface area (Å²) in [5.74, 6) is 0.0307. The SMILES string of the molecule is CCCCCCCC/C=C\CCCCCCCCCCCCCC(=O)OCCCCCCCCCCCCCCCCCCCCCCCCCCCCC. The van der Waals surface area contributed by atoms with E-state index in [0.29, 0.717) is 13.0 Å². The van der Waals surface area contributed by atoms with Crippen molar-refractivity contribution in [3.63, 3.8) is 0 Å². The fraction of sp³-hybridized carbons (Fsp3) is 0.943. The third-order valence-electron chi connectivity index (χ3n) is 12.2. The van der Waals surface area contributed by atoms with Gasteiger partial charge in [0.15, 0.2) is 0 Å². The van der Waals surface area contributed by atoms with Gasteiger partial charge in [0, 0.05) is 6.42 Å². The Balaban J connectivity index is 3.16. The first-order chi connectivity index (χ1) is 27.3. The average molecular weight is 773 g/mol. The second-order valence-corrected chi connectivity index (χ2v) is 17.9. The summed E-state index contributed by atoms with van der Waals surface area (Å²) in [5, 5.41) is 0. The molecule has 0 amide bonds. The molecule has 0 rings (SSSR count). The van der Waals surface area contributed by atoms with Gasteiger partial charge in [0.25, 0.3) is 0 Å². The molecule has 0 fully saturated rings. The number of hydrogen-bond acceptors (Lipinski definition) is 2. The van der Waals surface area contributed by atoms with E-state index in [9.17, 15) is 4.79 Å². The van der Waals surface area contributed by atoms with E-state index in [1.54, 1.807) is 0 Å². The molecular weight excluding hydrogens is 669 g/mol. The molecule has 0 aromatic heterocycles. The quantitative estimate of drug-likeness (QED) is 0.0350. The molecule has 0 N–H and O–H groups in total. The molecule has 0 aliphatic heterocycles. The van der Waals surface area contributed by atoms with Crippen molar-refractivity contribution in [1.29, 1.82) is 0 Å². The minimum atomic E-state index is 0.0307. The van der Waals surface area contributed by atoms with E-state index in [-0.39, 0.29) is 5.97 Å². The third-order valence-corrected chi connectivity index (χ3v) is 12.2. The first-order valence-corrected chi connectivity index (χ1v) is 26.1. The largest absolute Gasteiger partial charge is 0.466 e. The van der Waals surface area contributed by atoms with Crippen LogP contribution in [-0.4, -0.2) is 12.6 Å². The van der Waals surface area contributed by atoms with E-state index < -0.39 is 0 Å². The lowest BCUT2D eigenvalue weighted by Crippen LogP contribution is -2.05. The van der Waals surface area contributed by atoms with Gasteiger partial charge in [-0.15, -0.1) is 0 Å². The first kappa shape index (κ1) is 54.2. The predicted molar refractivity (Wildman–Crippen MR) is 248 cm³/mol. The summed E-state index contributed by atoms with van der Waals surface area (Å²) in [5.41, 5.74) is 0. The Bertz CT molecular complexity index is 713. The molecule has 55 heavy (non-hydrogen) atoms. The second-order valence-electron chi connectivity index (χ2n) is 17.9. The lowest BCUT2D eigenvalue weighted by Gasteiger charge is -2.06. The molecule has 0 saturated heterocycles. The molecule has 0 aliphatic rings. The Morgan fingerprint density at radius 2 is 0.509 bits per heavy atom. The van der Waals surface area contributed by atoms with Crippen LogP contribution in [0, 0.1) is 0 Å². The summed E-state index contributed by atoms with van der Waals surface area (Å²) in [7, 11) is 0. The van der Waals surface area contributed by atoms with Gasteiger partial charge in [-0.05, 0) is 38.5 Å². The molecule has 0 aromatic carbocycles. The summed E-state index contributed by atoms with van der Waals surface area (Å²) < 4.78 is 5.50. The molecule has 2 nitrogen and oxygen atoms in total. The van der Waals surface area contributed by atoms with Gasteiger partial charge < -0.3 is 4.74 Å². The zero-order chi connectivity index (χ0) is 39.6. The van der Waals surface area contributed by atoms with Gasteiger partial charge in [0.1, 0.15) is 0 Å². The minimum absolute atomic E-state index is 0.0307. The van der Waals surface area contributed by atoms with Gasteiger partial charge >= 0.3 is 5.97 Å². The highest BCUT2D eigenvalue weighted by Crippen LogP contribution is 2.17. The van der Waals surface area contributed by atoms with Crippen LogP contribution >= 0.6 is 0 Å². The smallest absolute Gasteiger partial charge is 0.305 e. The molecule has 2 heteroatoms. The molecule has 0 aliphatic carbocycles. The van der Waals surface area contributed by atoms with Crippen LogP contribution in [0.1, 0.15) is 316 Å². The monoisotopic (exact) mass is 773 g/mol. The fourth-order valence-corrected chi connectivity index (χ4v) is 8.25. The Kier molecular flexibility index (Phi) is 50.5. The van der Waals surface area contributed by atoms with Crippen LogP contribution in [0.4, 0.5) is 0 Å². The van der Waals surface area contributed by atoms with Gasteiger partial charge in [-0.3, -0.25) is 4.79 Å². The highest BCUT2D eigenvalue weighted by molar-refractivity contribution is 5.69. The van der Waals surface area contributed by atoms with Gasteiger partial charge in [0.05, 0.1) is 6.61 Å². The summed E-state index contributed by atoms with van der Waals surface area (Å²) in [6.45, 7) is 5.23. The maximum absolute atomic E-state index is 12.1. The highest BCUT2D eigenvalue weighted by Gasteiger charge is 2.03. The molecule has 0 aromatic rings. The van der Waals surface area contributed by atoms with E-state index in [1.807, 2.05) is 0 Å². The number of carbonyl (C=O) groups excluding carboxylic acids is 1.